The predicted octanol–water partition coefficient (Wildman–Crippen LogP) is 20.7. The van der Waals surface area contributed by atoms with E-state index in [-0.39, 0.29) is 23.3 Å². The fraction of sp³-hybridized carbons (Fsp3) is 0.0588. The van der Waals surface area contributed by atoms with Gasteiger partial charge in [0.15, 0.2) is 5.82 Å². The molecule has 3 heterocycles. The third-order valence-corrected chi connectivity index (χ3v) is 15.1. The van der Waals surface area contributed by atoms with Crippen LogP contribution in [0.3, 0.4) is 0 Å². The first-order valence-electron chi connectivity index (χ1n) is 26.1. The lowest BCUT2D eigenvalue weighted by molar-refractivity contribution is -0.144. The Hall–Kier alpha value is -9.96. The van der Waals surface area contributed by atoms with Gasteiger partial charge in [-0.15, -0.1) is 0 Å². The number of nitrogens with zero attached hydrogens (tertiary/aromatic N) is 4. The number of hydrogen-bond donors (Lipinski definition) is 0. The molecule has 0 atom stereocenters. The highest BCUT2D eigenvalue weighted by Crippen LogP contribution is 2.47. The number of alkyl halides is 12. The van der Waals surface area contributed by atoms with Crippen LogP contribution < -0.4 is 0 Å². The summed E-state index contributed by atoms with van der Waals surface area (Å²) in [4.78, 5) is 10.1. The van der Waals surface area contributed by atoms with E-state index in [0.29, 0.717) is 101 Å². The number of rotatable bonds is 8. The molecular formula is C68H38F12N4. The number of hydrogen-bond acceptors (Lipinski definition) is 2. The van der Waals surface area contributed by atoms with Crippen molar-refractivity contribution in [1.82, 2.24) is 19.1 Å². The molecule has 0 fully saturated rings. The molecule has 10 aromatic carbocycles. The summed E-state index contributed by atoms with van der Waals surface area (Å²) in [5.74, 6) is 0.441. The quantitative estimate of drug-likeness (QED) is 0.142. The van der Waals surface area contributed by atoms with E-state index >= 15 is 0 Å². The molecule has 0 unspecified atom stereocenters. The van der Waals surface area contributed by atoms with Gasteiger partial charge in [0.05, 0.1) is 67.1 Å². The average Bonchev–Trinajstić information content (AvgIpc) is 2.15. The summed E-state index contributed by atoms with van der Waals surface area (Å²) >= 11 is 0. The molecule has 3 aromatic heterocycles. The topological polar surface area (TPSA) is 35.6 Å². The third kappa shape index (κ3) is 9.46. The predicted molar refractivity (Wildman–Crippen MR) is 303 cm³/mol. The van der Waals surface area contributed by atoms with E-state index in [1.807, 2.05) is 155 Å². The first-order valence-corrected chi connectivity index (χ1v) is 26.1. The highest BCUT2D eigenvalue weighted by Gasteiger charge is 2.40. The molecule has 0 aliphatic carbocycles. The molecule has 16 heteroatoms. The van der Waals surface area contributed by atoms with Crippen LogP contribution in [-0.2, 0) is 24.7 Å². The maximum absolute atomic E-state index is 14.8. The Bertz CT molecular complexity index is 4670. The first-order chi connectivity index (χ1) is 40.2. The molecule has 0 saturated heterocycles. The van der Waals surface area contributed by atoms with Crippen molar-refractivity contribution in [2.24, 2.45) is 0 Å². The van der Waals surface area contributed by atoms with Gasteiger partial charge in [-0.1, -0.05) is 152 Å². The van der Waals surface area contributed by atoms with Gasteiger partial charge in [-0.3, -0.25) is 0 Å². The molecule has 0 radical (unpaired) electrons. The van der Waals surface area contributed by atoms with Crippen molar-refractivity contribution in [3.8, 4) is 78.7 Å². The molecule has 13 aromatic rings. The average molecular weight is 1140 g/mol. The Kier molecular flexibility index (Phi) is 12.6. The van der Waals surface area contributed by atoms with Gasteiger partial charge in [0, 0.05) is 49.4 Å². The van der Waals surface area contributed by atoms with E-state index < -0.39 is 58.1 Å². The molecule has 13 rings (SSSR count). The monoisotopic (exact) mass is 1140 g/mol. The minimum absolute atomic E-state index is 0.0242. The highest BCUT2D eigenvalue weighted by molar-refractivity contribution is 6.13. The second-order valence-electron chi connectivity index (χ2n) is 20.1. The van der Waals surface area contributed by atoms with Gasteiger partial charge in [0.1, 0.15) is 0 Å². The van der Waals surface area contributed by atoms with E-state index in [4.69, 9.17) is 9.97 Å². The smallest absolute Gasteiger partial charge is 0.309 e. The normalized spacial score (nSPS) is 12.5. The molecular weight excluding hydrogens is 1100 g/mol. The molecule has 4 nitrogen and oxygen atoms in total. The van der Waals surface area contributed by atoms with Crippen LogP contribution in [0.2, 0.25) is 0 Å². The molecule has 0 spiro atoms. The fourth-order valence-corrected chi connectivity index (χ4v) is 11.3. The second kappa shape index (κ2) is 19.9. The molecule has 84 heavy (non-hydrogen) atoms. The van der Waals surface area contributed by atoms with Crippen LogP contribution in [-0.4, -0.2) is 19.1 Å². The van der Waals surface area contributed by atoms with Gasteiger partial charge in [-0.05, 0) is 101 Å². The first kappa shape index (κ1) is 53.4. The van der Waals surface area contributed by atoms with Crippen LogP contribution in [0.15, 0.2) is 231 Å². The van der Waals surface area contributed by atoms with E-state index in [1.54, 1.807) is 36.4 Å². The number of benzene rings is 10. The second-order valence-corrected chi connectivity index (χ2v) is 20.1. The fourth-order valence-electron chi connectivity index (χ4n) is 11.3. The van der Waals surface area contributed by atoms with Gasteiger partial charge in [-0.25, -0.2) is 9.97 Å². The van der Waals surface area contributed by atoms with Crippen LogP contribution in [0, 0.1) is 0 Å². The Morgan fingerprint density at radius 1 is 0.262 bits per heavy atom. The van der Waals surface area contributed by atoms with Crippen molar-refractivity contribution in [2.45, 2.75) is 24.7 Å². The molecule has 0 amide bonds. The van der Waals surface area contributed by atoms with Crippen molar-refractivity contribution in [3.63, 3.8) is 0 Å². The summed E-state index contributed by atoms with van der Waals surface area (Å²) in [7, 11) is 0. The van der Waals surface area contributed by atoms with Crippen molar-refractivity contribution < 1.29 is 52.7 Å². The maximum Gasteiger partial charge on any atom is 0.417 e. The molecule has 0 bridgehead atoms. The standard InChI is InChI=1S/C68H38F12N4/c69-65(70,71)44-26-29-46(54(36-44)67(75,76)77)41-24-31-61-52(33-41)49-18-8-11-21-59(49)83(61)58-20-10-7-17-48(58)51-28-23-43(57-38-56(39-13-3-1-4-14-39)81-64(82-57)40-15-5-2-6-16-40)35-63(51)84-60-22-12-9-19-50(60)53-34-42(25-32-62(53)84)47-30-27-45(66(72,73)74)37-55(47)68(78,79)80/h1-38H. The zero-order valence-electron chi connectivity index (χ0n) is 43.3. The van der Waals surface area contributed by atoms with Crippen LogP contribution in [0.25, 0.3) is 122 Å². The maximum atomic E-state index is 14.8. The Morgan fingerprint density at radius 3 is 1.18 bits per heavy atom. The van der Waals surface area contributed by atoms with E-state index in [1.165, 1.54) is 12.1 Å². The lowest BCUT2D eigenvalue weighted by atomic mass is 9.95. The lowest BCUT2D eigenvalue weighted by Crippen LogP contribution is -2.12. The summed E-state index contributed by atoms with van der Waals surface area (Å²) in [5.41, 5.74) is 1.58. The summed E-state index contributed by atoms with van der Waals surface area (Å²) < 4.78 is 175. The van der Waals surface area contributed by atoms with Crippen LogP contribution in [0.5, 0.6) is 0 Å². The minimum Gasteiger partial charge on any atom is -0.309 e. The van der Waals surface area contributed by atoms with Crippen LogP contribution >= 0.6 is 0 Å². The Labute approximate surface area is 469 Å². The summed E-state index contributed by atoms with van der Waals surface area (Å²) in [6.07, 6.45) is -20.3. The van der Waals surface area contributed by atoms with Crippen LogP contribution in [0.1, 0.15) is 22.3 Å². The summed E-state index contributed by atoms with van der Waals surface area (Å²) in [6, 6.07) is 61.1. The SMILES string of the molecule is FC(F)(F)c1ccc(-c2ccc3c(c2)c2ccccc2n3-c2ccccc2-c2ccc(-c3cc(-c4ccccc4)nc(-c4ccccc4)n3)cc2-n2c3ccccc3c3cc(-c4ccc(C(F)(F)F)cc4C(F)(F)F)ccc32)c(C(F)(F)F)c1. The molecule has 414 valence electrons. The largest absolute Gasteiger partial charge is 0.417 e. The third-order valence-electron chi connectivity index (χ3n) is 15.1. The number of para-hydroxylation sites is 3. The Balaban J connectivity index is 1.06. The van der Waals surface area contributed by atoms with Gasteiger partial charge in [0.2, 0.25) is 0 Å². The zero-order chi connectivity index (χ0) is 58.5. The van der Waals surface area contributed by atoms with Crippen molar-refractivity contribution in [1.29, 1.82) is 0 Å². The van der Waals surface area contributed by atoms with Gasteiger partial charge in [-0.2, -0.15) is 52.7 Å². The molecule has 0 aliphatic heterocycles. The zero-order valence-corrected chi connectivity index (χ0v) is 43.3. The van der Waals surface area contributed by atoms with Gasteiger partial charge >= 0.3 is 24.7 Å². The van der Waals surface area contributed by atoms with Crippen LogP contribution in [0.4, 0.5) is 52.7 Å². The molecule has 0 saturated carbocycles. The number of aromatic nitrogens is 4. The number of halogens is 12. The van der Waals surface area contributed by atoms with Gasteiger partial charge < -0.3 is 9.13 Å². The van der Waals surface area contributed by atoms with Gasteiger partial charge in [0.25, 0.3) is 0 Å². The van der Waals surface area contributed by atoms with E-state index in [0.717, 1.165) is 23.3 Å². The summed E-state index contributed by atoms with van der Waals surface area (Å²) in [5, 5.41) is 2.24. The number of fused-ring (bicyclic) bond motifs is 6. The van der Waals surface area contributed by atoms with E-state index in [2.05, 4.69) is 0 Å². The van der Waals surface area contributed by atoms with E-state index in [9.17, 15) is 52.7 Å². The lowest BCUT2D eigenvalue weighted by Gasteiger charge is -2.20. The highest BCUT2D eigenvalue weighted by atomic mass is 19.4. The Morgan fingerprint density at radius 2 is 0.667 bits per heavy atom. The molecule has 0 aliphatic rings. The van der Waals surface area contributed by atoms with Crippen molar-refractivity contribution >= 4 is 43.6 Å². The molecule has 0 N–H and O–H groups in total. The van der Waals surface area contributed by atoms with Crippen molar-refractivity contribution in [3.05, 3.63) is 253 Å². The minimum atomic E-state index is -5.15. The van der Waals surface area contributed by atoms with Crippen molar-refractivity contribution in [2.75, 3.05) is 0 Å². The summed E-state index contributed by atoms with van der Waals surface area (Å²) in [6.45, 7) is 0.